The largest absolute Gasteiger partial charge is 0.329 e. The van der Waals surface area contributed by atoms with E-state index < -0.39 is 0 Å². The zero-order valence-corrected chi connectivity index (χ0v) is 10.1. The molecule has 0 aliphatic carbocycles. The van der Waals surface area contributed by atoms with Crippen LogP contribution in [0.5, 0.6) is 0 Å². The van der Waals surface area contributed by atoms with Crippen molar-refractivity contribution in [2.75, 3.05) is 6.54 Å². The topological polar surface area (TPSA) is 29.9 Å². The summed E-state index contributed by atoms with van der Waals surface area (Å²) in [6.07, 6.45) is 4.45. The third-order valence-electron chi connectivity index (χ3n) is 3.17. The number of nitrogens with one attached hydrogen (secondary N) is 1. The Balaban J connectivity index is 1.97. The lowest BCUT2D eigenvalue weighted by molar-refractivity contribution is 0.581. The summed E-state index contributed by atoms with van der Waals surface area (Å²) in [7, 11) is 2.11. The molecule has 0 amide bonds. The quantitative estimate of drug-likeness (QED) is 0.864. The Morgan fingerprint density at radius 2 is 2.50 bits per heavy atom. The van der Waals surface area contributed by atoms with Crippen LogP contribution in [0.1, 0.15) is 24.7 Å². The van der Waals surface area contributed by atoms with Crippen molar-refractivity contribution >= 4 is 11.3 Å². The van der Waals surface area contributed by atoms with Gasteiger partial charge in [0.25, 0.3) is 0 Å². The lowest BCUT2D eigenvalue weighted by Crippen LogP contribution is -2.17. The summed E-state index contributed by atoms with van der Waals surface area (Å²) in [6.45, 7) is 1.12. The molecule has 84 valence electrons. The molecule has 0 bridgehead atoms. The molecule has 0 radical (unpaired) electrons. The maximum atomic E-state index is 4.56. The number of rotatable bonds is 2. The standard InChI is InChI=1S/C12H15N3S/c1-15-10(11-5-3-7-16-11)8-14-12(15)9-4-2-6-13-9/h3,5,7-9,13H,2,4,6H2,1H3. The summed E-state index contributed by atoms with van der Waals surface area (Å²) in [5.41, 5.74) is 1.22. The molecule has 0 aromatic carbocycles. The molecule has 0 spiro atoms. The lowest BCUT2D eigenvalue weighted by atomic mass is 10.2. The van der Waals surface area contributed by atoms with Crippen LogP contribution >= 0.6 is 11.3 Å². The highest BCUT2D eigenvalue weighted by molar-refractivity contribution is 7.13. The van der Waals surface area contributed by atoms with Gasteiger partial charge in [0, 0.05) is 7.05 Å². The summed E-state index contributed by atoms with van der Waals surface area (Å²) in [5, 5.41) is 5.60. The van der Waals surface area contributed by atoms with Gasteiger partial charge in [-0.25, -0.2) is 4.98 Å². The van der Waals surface area contributed by atoms with E-state index >= 15 is 0 Å². The van der Waals surface area contributed by atoms with Crippen molar-refractivity contribution in [3.63, 3.8) is 0 Å². The molecule has 1 aliphatic heterocycles. The molecule has 3 heterocycles. The van der Waals surface area contributed by atoms with E-state index in [9.17, 15) is 0 Å². The normalized spacial score (nSPS) is 20.4. The second-order valence-electron chi connectivity index (χ2n) is 4.19. The van der Waals surface area contributed by atoms with Crippen molar-refractivity contribution in [2.45, 2.75) is 18.9 Å². The Kier molecular flexibility index (Phi) is 2.53. The zero-order valence-electron chi connectivity index (χ0n) is 9.31. The first-order chi connectivity index (χ1) is 7.86. The van der Waals surface area contributed by atoms with Crippen LogP contribution in [0.15, 0.2) is 23.7 Å². The maximum absolute atomic E-state index is 4.56. The van der Waals surface area contributed by atoms with Crippen LogP contribution in [0.3, 0.4) is 0 Å². The van der Waals surface area contributed by atoms with Gasteiger partial charge in [0.1, 0.15) is 5.82 Å². The average molecular weight is 233 g/mol. The third-order valence-corrected chi connectivity index (χ3v) is 4.06. The highest BCUT2D eigenvalue weighted by Gasteiger charge is 2.21. The average Bonchev–Trinajstić information content (AvgIpc) is 2.96. The van der Waals surface area contributed by atoms with Crippen LogP contribution in [0, 0.1) is 0 Å². The van der Waals surface area contributed by atoms with E-state index in [2.05, 4.69) is 39.4 Å². The molecule has 2 aromatic rings. The van der Waals surface area contributed by atoms with E-state index in [1.807, 2.05) is 6.20 Å². The van der Waals surface area contributed by atoms with Crippen LogP contribution in [0.25, 0.3) is 10.6 Å². The molecule has 2 aromatic heterocycles. The van der Waals surface area contributed by atoms with Gasteiger partial charge >= 0.3 is 0 Å². The minimum Gasteiger partial charge on any atom is -0.329 e. The van der Waals surface area contributed by atoms with Crippen LogP contribution in [0.4, 0.5) is 0 Å². The van der Waals surface area contributed by atoms with Crippen molar-refractivity contribution in [3.8, 4) is 10.6 Å². The molecule has 1 unspecified atom stereocenters. The van der Waals surface area contributed by atoms with Gasteiger partial charge in [0.15, 0.2) is 0 Å². The summed E-state index contributed by atoms with van der Waals surface area (Å²) in [6, 6.07) is 4.67. The molecule has 1 atom stereocenters. The summed E-state index contributed by atoms with van der Waals surface area (Å²) in [4.78, 5) is 5.85. The van der Waals surface area contributed by atoms with E-state index in [4.69, 9.17) is 0 Å². The number of hydrogen-bond acceptors (Lipinski definition) is 3. The molecular weight excluding hydrogens is 218 g/mol. The van der Waals surface area contributed by atoms with Crippen LogP contribution in [-0.2, 0) is 7.05 Å². The highest BCUT2D eigenvalue weighted by atomic mass is 32.1. The number of hydrogen-bond donors (Lipinski definition) is 1. The number of imidazole rings is 1. The molecule has 1 fully saturated rings. The molecular formula is C12H15N3S. The van der Waals surface area contributed by atoms with Crippen LogP contribution < -0.4 is 5.32 Å². The first kappa shape index (κ1) is 10.1. The zero-order chi connectivity index (χ0) is 11.0. The van der Waals surface area contributed by atoms with Gasteiger partial charge in [-0.2, -0.15) is 0 Å². The fourth-order valence-electron chi connectivity index (χ4n) is 2.31. The molecule has 4 heteroatoms. The van der Waals surface area contributed by atoms with E-state index in [1.54, 1.807) is 11.3 Å². The first-order valence-electron chi connectivity index (χ1n) is 5.65. The predicted octanol–water partition coefficient (Wildman–Crippen LogP) is 2.57. The lowest BCUT2D eigenvalue weighted by Gasteiger charge is -2.11. The monoisotopic (exact) mass is 233 g/mol. The number of thiophene rings is 1. The minimum atomic E-state index is 0.443. The Morgan fingerprint density at radius 1 is 1.56 bits per heavy atom. The summed E-state index contributed by atoms with van der Waals surface area (Å²) in [5.74, 6) is 1.17. The Morgan fingerprint density at radius 3 is 3.19 bits per heavy atom. The van der Waals surface area contributed by atoms with E-state index in [0.29, 0.717) is 6.04 Å². The maximum Gasteiger partial charge on any atom is 0.126 e. The molecule has 16 heavy (non-hydrogen) atoms. The fraction of sp³-hybridized carbons (Fsp3) is 0.417. The Hall–Kier alpha value is -1.13. The van der Waals surface area contributed by atoms with Gasteiger partial charge < -0.3 is 9.88 Å². The van der Waals surface area contributed by atoms with Gasteiger partial charge in [-0.15, -0.1) is 11.3 Å². The van der Waals surface area contributed by atoms with Gasteiger partial charge in [-0.05, 0) is 30.8 Å². The van der Waals surface area contributed by atoms with Gasteiger partial charge in [0.2, 0.25) is 0 Å². The molecule has 0 saturated carbocycles. The van der Waals surface area contributed by atoms with Crippen LogP contribution in [0.2, 0.25) is 0 Å². The number of aromatic nitrogens is 2. The molecule has 1 N–H and O–H groups in total. The van der Waals surface area contributed by atoms with E-state index in [-0.39, 0.29) is 0 Å². The van der Waals surface area contributed by atoms with Crippen LogP contribution in [-0.4, -0.2) is 16.1 Å². The smallest absolute Gasteiger partial charge is 0.126 e. The Bertz CT molecular complexity index is 466. The molecule has 1 aliphatic rings. The van der Waals surface area contributed by atoms with Crippen molar-refractivity contribution in [3.05, 3.63) is 29.5 Å². The van der Waals surface area contributed by atoms with E-state index in [0.717, 1.165) is 6.54 Å². The van der Waals surface area contributed by atoms with Gasteiger partial charge in [-0.1, -0.05) is 6.07 Å². The van der Waals surface area contributed by atoms with Crippen molar-refractivity contribution in [1.82, 2.24) is 14.9 Å². The highest BCUT2D eigenvalue weighted by Crippen LogP contribution is 2.28. The second kappa shape index (κ2) is 4.03. The first-order valence-corrected chi connectivity index (χ1v) is 6.53. The van der Waals surface area contributed by atoms with Crippen molar-refractivity contribution < 1.29 is 0 Å². The summed E-state index contributed by atoms with van der Waals surface area (Å²) >= 11 is 1.76. The van der Waals surface area contributed by atoms with Crippen molar-refractivity contribution in [1.29, 1.82) is 0 Å². The Labute approximate surface area is 99.1 Å². The number of nitrogens with zero attached hydrogens (tertiary/aromatic N) is 2. The van der Waals surface area contributed by atoms with Gasteiger partial charge in [0.05, 0.1) is 22.8 Å². The molecule has 3 rings (SSSR count). The summed E-state index contributed by atoms with van der Waals surface area (Å²) < 4.78 is 2.22. The third kappa shape index (κ3) is 1.58. The van der Waals surface area contributed by atoms with Gasteiger partial charge in [-0.3, -0.25) is 0 Å². The minimum absolute atomic E-state index is 0.443. The molecule has 1 saturated heterocycles. The second-order valence-corrected chi connectivity index (χ2v) is 5.13. The predicted molar refractivity (Wildman–Crippen MR) is 66.5 cm³/mol. The molecule has 3 nitrogen and oxygen atoms in total. The van der Waals surface area contributed by atoms with E-state index in [1.165, 1.54) is 29.2 Å². The fourth-order valence-corrected chi connectivity index (χ4v) is 3.08. The van der Waals surface area contributed by atoms with Crippen molar-refractivity contribution in [2.24, 2.45) is 7.05 Å². The SMILES string of the molecule is Cn1c(-c2cccs2)cnc1C1CCCN1.